The van der Waals surface area contributed by atoms with Crippen LogP contribution in [0, 0.1) is 0 Å². The Labute approximate surface area is 436 Å². The third-order valence-electron chi connectivity index (χ3n) is 12.8. The Morgan fingerprint density at radius 2 is 0.718 bits per heavy atom. The highest BCUT2D eigenvalue weighted by Crippen LogP contribution is 2.44. The molecule has 0 bridgehead atoms. The number of carbonyl (C=O) groups excluding carboxylic acids is 15. The first-order valence-electron chi connectivity index (χ1n) is 23.6. The summed E-state index contributed by atoms with van der Waals surface area (Å²) in [5.41, 5.74) is 2.73. The van der Waals surface area contributed by atoms with E-state index in [1.165, 1.54) is 48.5 Å². The molecule has 12 rings (SSSR count). The summed E-state index contributed by atoms with van der Waals surface area (Å²) >= 11 is 0. The van der Waals surface area contributed by atoms with Gasteiger partial charge in [-0.3, -0.25) is 67.2 Å². The molecule has 26 nitrogen and oxygen atoms in total. The quantitative estimate of drug-likeness (QED) is 0.220. The van der Waals surface area contributed by atoms with E-state index in [9.17, 15) is 71.9 Å². The smallest absolute Gasteiger partial charge is 0.351 e. The average molecular weight is 1060 g/mol. The van der Waals surface area contributed by atoms with Crippen molar-refractivity contribution in [3.05, 3.63) is 148 Å². The second-order valence-corrected chi connectivity index (χ2v) is 17.6. The molecule has 7 heterocycles. The van der Waals surface area contributed by atoms with Crippen molar-refractivity contribution in [3.8, 4) is 0 Å². The van der Waals surface area contributed by atoms with Gasteiger partial charge in [0.2, 0.25) is 17.3 Å². The first kappa shape index (κ1) is 50.7. The zero-order valence-electron chi connectivity index (χ0n) is 40.0. The molecule has 4 aromatic carbocycles. The number of benzene rings is 4. The van der Waals surface area contributed by atoms with Gasteiger partial charge in [-0.1, -0.05) is 70.8 Å². The highest BCUT2D eigenvalue weighted by Gasteiger charge is 2.50. The average Bonchev–Trinajstić information content (AvgIpc) is 4.51. The SMILES string of the molecule is O=C(ON1C(=O)CCC1=O)ON1C(=O)CCC1=O.O=C1/C(=C2/C(=O)c3ccccc3N2C(=O)ON2C(=O)CCC2=O)N(C(=O)ON2C(=O)CCC2=O)c2ccccc21.O=C1/C(=C2\Nc3ccccc3C2=O)Cc2ccccc21. The zero-order chi connectivity index (χ0) is 55.3. The molecule has 4 fully saturated rings. The predicted octanol–water partition coefficient (Wildman–Crippen LogP) is 4.26. The molecule has 8 aliphatic rings. The van der Waals surface area contributed by atoms with E-state index < -0.39 is 88.6 Å². The minimum Gasteiger partial charge on any atom is -0.351 e. The number of fused-ring (bicyclic) bond motifs is 4. The number of hydrogen-bond donors (Lipinski definition) is 1. The van der Waals surface area contributed by atoms with E-state index in [4.69, 9.17) is 9.68 Å². The van der Waals surface area contributed by atoms with Gasteiger partial charge in [-0.2, -0.15) is 4.79 Å². The van der Waals surface area contributed by atoms with Crippen molar-refractivity contribution in [3.63, 3.8) is 0 Å². The Hall–Kier alpha value is -10.8. The Morgan fingerprint density at radius 1 is 0.372 bits per heavy atom. The molecular formula is C52H35N7O19. The minimum absolute atomic E-state index is 0.0377. The summed E-state index contributed by atoms with van der Waals surface area (Å²) in [6.45, 7) is 0. The van der Waals surface area contributed by atoms with Gasteiger partial charge in [-0.05, 0) is 42.0 Å². The van der Waals surface area contributed by atoms with Gasteiger partial charge < -0.3 is 15.0 Å². The van der Waals surface area contributed by atoms with Crippen molar-refractivity contribution >= 4 is 106 Å². The van der Waals surface area contributed by atoms with Gasteiger partial charge >= 0.3 is 18.3 Å². The van der Waals surface area contributed by atoms with Crippen molar-refractivity contribution in [1.29, 1.82) is 0 Å². The summed E-state index contributed by atoms with van der Waals surface area (Å²) in [6, 6.07) is 26.3. The van der Waals surface area contributed by atoms with E-state index in [2.05, 4.69) is 15.0 Å². The number of para-hydroxylation sites is 3. The maximum absolute atomic E-state index is 13.7. The molecule has 0 aromatic heterocycles. The lowest BCUT2D eigenvalue weighted by molar-refractivity contribution is -0.198. The monoisotopic (exact) mass is 1060 g/mol. The Kier molecular flexibility index (Phi) is 13.1. The molecule has 1 N–H and O–H groups in total. The third kappa shape index (κ3) is 8.96. The van der Waals surface area contributed by atoms with Crippen molar-refractivity contribution in [2.45, 2.75) is 57.8 Å². The number of imide groups is 4. The molecule has 7 aliphatic heterocycles. The van der Waals surface area contributed by atoms with Gasteiger partial charge in [-0.15, -0.1) is 10.1 Å². The lowest BCUT2D eigenvalue weighted by atomic mass is 10.1. The van der Waals surface area contributed by atoms with E-state index in [1.807, 2.05) is 42.5 Å². The molecular weight excluding hydrogens is 1030 g/mol. The number of allylic oxidation sites excluding steroid dienone is 4. The Balaban J connectivity index is 0.000000150. The van der Waals surface area contributed by atoms with Crippen LogP contribution in [-0.4, -0.2) is 109 Å². The fourth-order valence-corrected chi connectivity index (χ4v) is 9.12. The van der Waals surface area contributed by atoms with Crippen LogP contribution in [0.4, 0.5) is 31.4 Å². The van der Waals surface area contributed by atoms with Crippen molar-refractivity contribution in [2.75, 3.05) is 15.1 Å². The van der Waals surface area contributed by atoms with Gasteiger partial charge in [0.15, 0.2) is 5.78 Å². The number of nitrogens with one attached hydrogen (secondary N) is 1. The van der Waals surface area contributed by atoms with Crippen LogP contribution in [0.2, 0.25) is 0 Å². The van der Waals surface area contributed by atoms with E-state index in [-0.39, 0.29) is 106 Å². The summed E-state index contributed by atoms with van der Waals surface area (Å²) in [4.78, 5) is 203. The third-order valence-corrected chi connectivity index (χ3v) is 12.8. The second kappa shape index (κ2) is 20.1. The topological polar surface area (TPSA) is 324 Å². The second-order valence-electron chi connectivity index (χ2n) is 17.6. The normalized spacial score (nSPS) is 19.9. The molecule has 1 aliphatic carbocycles. The fraction of sp³-hybridized carbons (Fsp3) is 0.173. The van der Waals surface area contributed by atoms with Crippen molar-refractivity contribution < 1.29 is 91.3 Å². The molecule has 0 saturated carbocycles. The van der Waals surface area contributed by atoms with Gasteiger partial charge in [0, 0.05) is 91.3 Å². The molecule has 10 amide bonds. The van der Waals surface area contributed by atoms with Gasteiger partial charge in [0.05, 0.1) is 17.1 Å². The molecule has 0 spiro atoms. The first-order chi connectivity index (χ1) is 37.4. The van der Waals surface area contributed by atoms with Crippen LogP contribution in [0.25, 0.3) is 0 Å². The number of nitrogens with zero attached hydrogens (tertiary/aromatic N) is 6. The van der Waals surface area contributed by atoms with E-state index in [0.717, 1.165) is 11.3 Å². The van der Waals surface area contributed by atoms with Crippen LogP contribution in [-0.2, 0) is 64.1 Å². The van der Waals surface area contributed by atoms with Crippen LogP contribution in [0.3, 0.4) is 0 Å². The maximum Gasteiger partial charge on any atom is 0.560 e. The standard InChI is InChI=1S/C26H16N4O10.C17H11NO2.C9H8N2O7/c31-17-9-10-18(32)29(17)39-25(37)27-15-7-3-1-5-13(15)23(35)21(27)22-24(36)14-6-2-4-8-16(14)28(22)26(38)40-30-19(33)11-12-20(30)34;19-16-11-6-2-1-5-10(11)9-13(16)15-17(20)12-7-3-4-8-14(12)18-15;12-5-1-2-6(13)10(5)17-9(16)18-11-7(14)3-4-8(11)15/h1-8H,9-12H2;1-8,18H,9H2;1-4H2/b22-21+;15-13-;. The highest BCUT2D eigenvalue weighted by atomic mass is 16.9. The van der Waals surface area contributed by atoms with Crippen LogP contribution < -0.4 is 15.1 Å². The lowest BCUT2D eigenvalue weighted by Crippen LogP contribution is -2.42. The number of rotatable bonds is 4. The number of carbonyl (C=O) groups is 15. The van der Waals surface area contributed by atoms with Crippen molar-refractivity contribution in [1.82, 2.24) is 20.3 Å². The summed E-state index contributed by atoms with van der Waals surface area (Å²) in [7, 11) is 0. The van der Waals surface area contributed by atoms with Crippen LogP contribution in [0.5, 0.6) is 0 Å². The van der Waals surface area contributed by atoms with E-state index in [0.29, 0.717) is 38.6 Å². The number of hydrogen-bond acceptors (Lipinski definition) is 20. The van der Waals surface area contributed by atoms with Crippen LogP contribution in [0.15, 0.2) is 120 Å². The summed E-state index contributed by atoms with van der Waals surface area (Å²) in [5.74, 6) is -7.67. The van der Waals surface area contributed by atoms with Gasteiger partial charge in [0.1, 0.15) is 11.4 Å². The number of hydroxylamine groups is 8. The molecule has 4 saturated heterocycles. The maximum atomic E-state index is 13.7. The largest absolute Gasteiger partial charge is 0.560 e. The minimum atomic E-state index is -1.48. The fourth-order valence-electron chi connectivity index (χ4n) is 9.12. The number of amides is 10. The van der Waals surface area contributed by atoms with Crippen molar-refractivity contribution in [2.24, 2.45) is 0 Å². The predicted molar refractivity (Wildman–Crippen MR) is 254 cm³/mol. The number of Topliss-reactive ketones (excluding diaryl/α,β-unsaturated/α-hetero) is 4. The Bertz CT molecular complexity index is 3290. The van der Waals surface area contributed by atoms with Gasteiger partial charge in [-0.25, -0.2) is 19.4 Å². The molecule has 0 unspecified atom stereocenters. The van der Waals surface area contributed by atoms with E-state index in [1.54, 1.807) is 6.07 Å². The first-order valence-corrected chi connectivity index (χ1v) is 23.6. The zero-order valence-corrected chi connectivity index (χ0v) is 40.0. The molecule has 4 aromatic rings. The van der Waals surface area contributed by atoms with Crippen LogP contribution >= 0.6 is 0 Å². The molecule has 0 atom stereocenters. The highest BCUT2D eigenvalue weighted by molar-refractivity contribution is 6.33. The summed E-state index contributed by atoms with van der Waals surface area (Å²) in [6.07, 6.45) is -4.68. The summed E-state index contributed by atoms with van der Waals surface area (Å²) < 4.78 is 0. The van der Waals surface area contributed by atoms with Crippen LogP contribution in [0.1, 0.15) is 98.4 Å². The molecule has 392 valence electrons. The molecule has 26 heteroatoms. The lowest BCUT2D eigenvalue weighted by Gasteiger charge is -2.25. The number of anilines is 3. The van der Waals surface area contributed by atoms with E-state index >= 15 is 0 Å². The molecule has 78 heavy (non-hydrogen) atoms. The summed E-state index contributed by atoms with van der Waals surface area (Å²) in [5, 5.41) is 4.17. The number of ketones is 4. The Morgan fingerprint density at radius 3 is 1.12 bits per heavy atom. The van der Waals surface area contributed by atoms with Gasteiger partial charge in [0.25, 0.3) is 47.3 Å². The molecule has 0 radical (unpaired) electrons.